The molecule has 0 N–H and O–H groups in total. The molecule has 0 spiro atoms. The Morgan fingerprint density at radius 3 is 2.47 bits per heavy atom. The monoisotopic (exact) mass is 448 g/mol. The summed E-state index contributed by atoms with van der Waals surface area (Å²) in [5.41, 5.74) is 1.83. The van der Waals surface area contributed by atoms with E-state index in [9.17, 15) is 19.7 Å². The Balaban J connectivity index is 1.51. The highest BCUT2D eigenvalue weighted by molar-refractivity contribution is 6.32. The smallest absolute Gasteiger partial charge is 0.368 e. The molecule has 0 unspecified atom stereocenters. The van der Waals surface area contributed by atoms with E-state index in [1.807, 2.05) is 0 Å². The van der Waals surface area contributed by atoms with Crippen molar-refractivity contribution in [2.45, 2.75) is 0 Å². The minimum Gasteiger partial charge on any atom is -0.423 e. The summed E-state index contributed by atoms with van der Waals surface area (Å²) >= 11 is 5.91. The Bertz CT molecular complexity index is 1280. The van der Waals surface area contributed by atoms with E-state index >= 15 is 0 Å². The van der Waals surface area contributed by atoms with Gasteiger partial charge in [0, 0.05) is 22.7 Å². The predicted octanol–water partition coefficient (Wildman–Crippen LogP) is 4.81. The average Bonchev–Trinajstić information content (AvgIpc) is 3.15. The van der Waals surface area contributed by atoms with E-state index < -0.39 is 16.9 Å². The largest absolute Gasteiger partial charge is 0.423 e. The second kappa shape index (κ2) is 8.83. The van der Waals surface area contributed by atoms with Crippen LogP contribution in [0.25, 0.3) is 6.08 Å². The summed E-state index contributed by atoms with van der Waals surface area (Å²) < 4.78 is 5.27. The van der Waals surface area contributed by atoms with Crippen molar-refractivity contribution in [1.82, 2.24) is 0 Å². The molecule has 0 saturated heterocycles. The number of halogens is 1. The van der Waals surface area contributed by atoms with Gasteiger partial charge in [-0.25, -0.2) is 9.59 Å². The quantitative estimate of drug-likeness (QED) is 0.138. The van der Waals surface area contributed by atoms with Crippen LogP contribution in [0.5, 0.6) is 5.75 Å². The average molecular weight is 449 g/mol. The minimum absolute atomic E-state index is 0.0583. The normalized spacial score (nSPS) is 14.1. The number of oxime groups is 1. The van der Waals surface area contributed by atoms with Crippen LogP contribution in [0.4, 0.5) is 5.69 Å². The molecule has 0 atom stereocenters. The molecule has 3 aromatic rings. The van der Waals surface area contributed by atoms with Crippen LogP contribution in [0.1, 0.15) is 21.5 Å². The second-order valence-corrected chi connectivity index (χ2v) is 7.09. The van der Waals surface area contributed by atoms with E-state index in [0.29, 0.717) is 21.9 Å². The fraction of sp³-hybridized carbons (Fsp3) is 0. The predicted molar refractivity (Wildman–Crippen MR) is 117 cm³/mol. The lowest BCUT2D eigenvalue weighted by molar-refractivity contribution is -0.384. The van der Waals surface area contributed by atoms with Gasteiger partial charge >= 0.3 is 11.9 Å². The third-order valence-electron chi connectivity index (χ3n) is 4.51. The van der Waals surface area contributed by atoms with Crippen molar-refractivity contribution in [1.29, 1.82) is 0 Å². The molecule has 4 rings (SSSR count). The van der Waals surface area contributed by atoms with E-state index in [1.165, 1.54) is 18.2 Å². The number of nitro groups is 1. The van der Waals surface area contributed by atoms with Gasteiger partial charge in [0.25, 0.3) is 5.69 Å². The van der Waals surface area contributed by atoms with Crippen molar-refractivity contribution >= 4 is 41.0 Å². The first kappa shape index (κ1) is 21.0. The molecule has 0 aromatic heterocycles. The number of carbonyl (C=O) groups is 2. The number of benzene rings is 3. The Hall–Kier alpha value is -4.30. The highest BCUT2D eigenvalue weighted by Gasteiger charge is 2.26. The molecule has 0 radical (unpaired) electrons. The zero-order valence-electron chi connectivity index (χ0n) is 16.2. The molecule has 8 nitrogen and oxygen atoms in total. The summed E-state index contributed by atoms with van der Waals surface area (Å²) in [4.78, 5) is 39.5. The zero-order chi connectivity index (χ0) is 22.7. The summed E-state index contributed by atoms with van der Waals surface area (Å²) in [6.45, 7) is 0. The number of nitro benzene ring substituents is 1. The van der Waals surface area contributed by atoms with E-state index in [0.717, 1.165) is 6.07 Å². The van der Waals surface area contributed by atoms with Crippen LogP contribution < -0.4 is 4.74 Å². The molecule has 32 heavy (non-hydrogen) atoms. The van der Waals surface area contributed by atoms with Gasteiger partial charge in [0.1, 0.15) is 11.5 Å². The number of non-ortho nitro benzene ring substituents is 1. The first-order valence-electron chi connectivity index (χ1n) is 9.25. The van der Waals surface area contributed by atoms with Crippen LogP contribution in [0.15, 0.2) is 83.5 Å². The topological polar surface area (TPSA) is 108 Å². The first-order chi connectivity index (χ1) is 15.4. The van der Waals surface area contributed by atoms with Gasteiger partial charge < -0.3 is 9.57 Å². The molecule has 0 aliphatic carbocycles. The highest BCUT2D eigenvalue weighted by atomic mass is 35.5. The maximum Gasteiger partial charge on any atom is 0.368 e. The summed E-state index contributed by atoms with van der Waals surface area (Å²) in [5.74, 6) is -1.07. The fourth-order valence-corrected chi connectivity index (χ4v) is 3.06. The minimum atomic E-state index is -0.726. The van der Waals surface area contributed by atoms with Crippen LogP contribution in [0.2, 0.25) is 5.02 Å². The van der Waals surface area contributed by atoms with Gasteiger partial charge in [0.2, 0.25) is 0 Å². The Morgan fingerprint density at radius 2 is 1.78 bits per heavy atom. The molecule has 1 aliphatic rings. The lowest BCUT2D eigenvalue weighted by Crippen LogP contribution is -2.09. The number of ether oxygens (including phenoxy) is 1. The second-order valence-electron chi connectivity index (χ2n) is 6.65. The first-order valence-corrected chi connectivity index (χ1v) is 9.62. The molecular formula is C23H13ClN2O6. The van der Waals surface area contributed by atoms with Crippen molar-refractivity contribution < 1.29 is 24.1 Å². The van der Waals surface area contributed by atoms with Gasteiger partial charge in [-0.1, -0.05) is 47.1 Å². The highest BCUT2D eigenvalue weighted by Crippen LogP contribution is 2.23. The number of hydrogen-bond acceptors (Lipinski definition) is 7. The molecular weight excluding hydrogens is 436 g/mol. The van der Waals surface area contributed by atoms with Crippen molar-refractivity contribution in [3.05, 3.63) is 110 Å². The standard InChI is InChI=1S/C23H13ClN2O6/c24-17-8-6-15(7-9-17)21-20(23(28)32-25-21)12-14-4-10-19(11-5-14)31-22(27)16-2-1-3-18(13-16)26(29)30/h1-13H/b20-12-. The third kappa shape index (κ3) is 4.55. The fourth-order valence-electron chi connectivity index (χ4n) is 2.94. The zero-order valence-corrected chi connectivity index (χ0v) is 17.0. The van der Waals surface area contributed by atoms with Gasteiger partial charge in [-0.2, -0.15) is 0 Å². The third-order valence-corrected chi connectivity index (χ3v) is 4.76. The number of esters is 1. The summed E-state index contributed by atoms with van der Waals surface area (Å²) in [7, 11) is 0. The molecule has 0 fully saturated rings. The van der Waals surface area contributed by atoms with Crippen molar-refractivity contribution in [3.63, 3.8) is 0 Å². The number of hydrogen-bond donors (Lipinski definition) is 0. The molecule has 1 aliphatic heterocycles. The Kier molecular flexibility index (Phi) is 5.78. The van der Waals surface area contributed by atoms with Crippen LogP contribution in [-0.4, -0.2) is 22.6 Å². The molecule has 0 amide bonds. The van der Waals surface area contributed by atoms with Crippen LogP contribution in [-0.2, 0) is 9.63 Å². The Labute approximate surface area is 186 Å². The van der Waals surface area contributed by atoms with E-state index in [4.69, 9.17) is 21.2 Å². The number of rotatable bonds is 5. The number of carbonyl (C=O) groups excluding carboxylic acids is 2. The molecule has 1 heterocycles. The maximum atomic E-state index is 12.3. The van der Waals surface area contributed by atoms with E-state index in [1.54, 1.807) is 54.6 Å². The van der Waals surface area contributed by atoms with Gasteiger partial charge in [-0.15, -0.1) is 0 Å². The molecule has 0 bridgehead atoms. The van der Waals surface area contributed by atoms with E-state index in [-0.39, 0.29) is 22.6 Å². The van der Waals surface area contributed by atoms with Gasteiger partial charge in [0.05, 0.1) is 16.1 Å². The summed E-state index contributed by atoms with van der Waals surface area (Å²) in [6, 6.07) is 18.5. The molecule has 9 heteroatoms. The van der Waals surface area contributed by atoms with Crippen LogP contribution in [0.3, 0.4) is 0 Å². The van der Waals surface area contributed by atoms with Crippen molar-refractivity contribution in [2.75, 3.05) is 0 Å². The lowest BCUT2D eigenvalue weighted by Gasteiger charge is -2.05. The Morgan fingerprint density at radius 1 is 1.06 bits per heavy atom. The summed E-state index contributed by atoms with van der Waals surface area (Å²) in [5, 5.41) is 15.3. The van der Waals surface area contributed by atoms with Gasteiger partial charge in [-0.05, 0) is 42.0 Å². The lowest BCUT2D eigenvalue weighted by atomic mass is 10.0. The van der Waals surface area contributed by atoms with Crippen molar-refractivity contribution in [2.24, 2.45) is 5.16 Å². The summed E-state index contributed by atoms with van der Waals surface area (Å²) in [6.07, 6.45) is 1.61. The van der Waals surface area contributed by atoms with Gasteiger partial charge in [-0.3, -0.25) is 10.1 Å². The SMILES string of the molecule is O=C1ON=C(c2ccc(Cl)cc2)/C1=C/c1ccc(OC(=O)c2cccc([N+](=O)[O-])c2)cc1. The van der Waals surface area contributed by atoms with Gasteiger partial charge in [0.15, 0.2) is 0 Å². The van der Waals surface area contributed by atoms with Crippen LogP contribution in [0, 0.1) is 10.1 Å². The van der Waals surface area contributed by atoms with Crippen LogP contribution >= 0.6 is 11.6 Å². The number of nitrogens with zero attached hydrogens (tertiary/aromatic N) is 2. The molecule has 158 valence electrons. The van der Waals surface area contributed by atoms with Crippen molar-refractivity contribution in [3.8, 4) is 5.75 Å². The molecule has 0 saturated carbocycles. The maximum absolute atomic E-state index is 12.3. The molecule has 3 aromatic carbocycles. The van der Waals surface area contributed by atoms with E-state index in [2.05, 4.69) is 5.16 Å².